The molecule has 0 saturated carbocycles. The van der Waals surface area contributed by atoms with Crippen LogP contribution in [0.2, 0.25) is 0 Å². The van der Waals surface area contributed by atoms with E-state index in [1.165, 1.54) is 0 Å². The Labute approximate surface area is 355 Å². The minimum Gasteiger partial charge on any atom is -0.310 e. The van der Waals surface area contributed by atoms with Crippen molar-refractivity contribution in [3.05, 3.63) is 84.9 Å². The highest BCUT2D eigenvalue weighted by atomic mass is 15.0. The lowest BCUT2D eigenvalue weighted by Crippen LogP contribution is -2.57. The van der Waals surface area contributed by atoms with Crippen LogP contribution in [0.5, 0.6) is 0 Å². The number of rotatable bonds is 4. The van der Waals surface area contributed by atoms with Gasteiger partial charge in [0.25, 0.3) is 0 Å². The Morgan fingerprint density at radius 3 is 0.966 bits per heavy atom. The number of hydrogen-bond acceptors (Lipinski definition) is 0. The summed E-state index contributed by atoms with van der Waals surface area (Å²) in [5.74, 6) is 0. The lowest BCUT2D eigenvalue weighted by molar-refractivity contribution is 1.21. The first-order chi connectivity index (χ1) is 27.6. The normalized spacial score (nSPS) is 11.7. The van der Waals surface area contributed by atoms with Gasteiger partial charge in [-0.1, -0.05) is 86.8 Å². The van der Waals surface area contributed by atoms with E-state index in [1.54, 1.807) is 0 Å². The van der Waals surface area contributed by atoms with Crippen molar-refractivity contribution in [2.45, 2.75) is 0 Å². The minimum atomic E-state index is 0.0393. The van der Waals surface area contributed by atoms with Crippen LogP contribution in [0, 0.1) is 0 Å². The highest BCUT2D eigenvalue weighted by Crippen LogP contribution is 2.37. The van der Waals surface area contributed by atoms with Crippen molar-refractivity contribution in [2.24, 2.45) is 0 Å². The summed E-state index contributed by atoms with van der Waals surface area (Å²) in [6, 6.07) is 28.2. The molecule has 234 valence electrons. The van der Waals surface area contributed by atoms with E-state index in [9.17, 15) is 0 Å². The molecule has 0 aliphatic heterocycles. The van der Waals surface area contributed by atoms with Crippen molar-refractivity contribution in [1.82, 2.24) is 9.13 Å². The molecule has 2 heterocycles. The van der Waals surface area contributed by atoms with E-state index < -0.39 is 0 Å². The number of hydrogen-bond donors (Lipinski definition) is 0. The molecule has 0 N–H and O–H groups in total. The van der Waals surface area contributed by atoms with Gasteiger partial charge in [-0.15, -0.1) is 38.2 Å². The summed E-state index contributed by atoms with van der Waals surface area (Å²) in [6.45, 7) is 0. The zero-order valence-electron chi connectivity index (χ0n) is 31.1. The Bertz CT molecular complexity index is 3230. The fourth-order valence-electron chi connectivity index (χ4n) is 8.31. The number of benzene rings is 7. The smallest absolute Gasteiger partial charge is 0.117 e. The number of nitrogens with zero attached hydrogens (tertiary/aromatic N) is 2. The van der Waals surface area contributed by atoms with Gasteiger partial charge < -0.3 is 9.13 Å². The third-order valence-electron chi connectivity index (χ3n) is 11.4. The van der Waals surface area contributed by atoms with Crippen molar-refractivity contribution in [1.29, 1.82) is 0 Å². The summed E-state index contributed by atoms with van der Waals surface area (Å²) in [4.78, 5) is 0. The summed E-state index contributed by atoms with van der Waals surface area (Å²) >= 11 is 0. The standard InChI is InChI=1S/C42H14B14N2/c43-27-25(28(44)32(48)34(50)31(27)47)26-29(45)33(49)38(54)41(30(26)46)57-21-7-3-1-5-17(21)19-13-15(9-11-23(19)57)16-10-12-24-20(14-16)18-6-2-4-8-22(18)58(24)42-39(55)36(52)35(51)37(53)40(42)56/h1-14H. The lowest BCUT2D eigenvalue weighted by Gasteiger charge is -2.29. The van der Waals surface area contributed by atoms with Crippen LogP contribution in [0.4, 0.5) is 0 Å². The van der Waals surface area contributed by atoms with Gasteiger partial charge in [-0.05, 0) is 58.7 Å². The topological polar surface area (TPSA) is 9.86 Å². The molecule has 0 aliphatic rings. The van der Waals surface area contributed by atoms with Gasteiger partial charge in [-0.25, -0.2) is 0 Å². The second-order valence-corrected chi connectivity index (χ2v) is 14.4. The van der Waals surface area contributed by atoms with Crippen molar-refractivity contribution in [2.75, 3.05) is 0 Å². The Kier molecular flexibility index (Phi) is 9.19. The molecule has 28 radical (unpaired) electrons. The van der Waals surface area contributed by atoms with Gasteiger partial charge in [-0.3, -0.25) is 0 Å². The van der Waals surface area contributed by atoms with Gasteiger partial charge in [0.15, 0.2) is 0 Å². The number of aromatic nitrogens is 2. The second-order valence-electron chi connectivity index (χ2n) is 14.4. The molecule has 0 aliphatic carbocycles. The second kappa shape index (κ2) is 13.8. The average molecular weight is 698 g/mol. The van der Waals surface area contributed by atoms with E-state index in [1.807, 2.05) is 81.9 Å². The van der Waals surface area contributed by atoms with Crippen molar-refractivity contribution in [3.8, 4) is 33.6 Å². The fourth-order valence-corrected chi connectivity index (χ4v) is 8.31. The molecule has 0 saturated heterocycles. The fraction of sp³-hybridized carbons (Fsp3) is 0. The number of para-hydroxylation sites is 2. The van der Waals surface area contributed by atoms with Crippen LogP contribution in [-0.4, -0.2) is 119 Å². The zero-order valence-corrected chi connectivity index (χ0v) is 31.1. The number of fused-ring (bicyclic) bond motifs is 6. The van der Waals surface area contributed by atoms with Crippen LogP contribution in [0.15, 0.2) is 84.9 Å². The van der Waals surface area contributed by atoms with E-state index >= 15 is 0 Å². The molecule has 7 aromatic carbocycles. The molecule has 0 amide bonds. The monoisotopic (exact) mass is 700 g/mol. The van der Waals surface area contributed by atoms with Crippen LogP contribution < -0.4 is 76.5 Å². The van der Waals surface area contributed by atoms with Gasteiger partial charge in [0.2, 0.25) is 0 Å². The SMILES string of the molecule is [B]c1c([B])c([B])c(-c2c([B])c([B])c([B])c(-n3c4ccccc4c4cc(-c5ccc6c(c5)c5ccccc5n6-c5c([B])c([B])c([B])c([B])c5[B])ccc43)c2[B])c([B])c1[B]. The summed E-state index contributed by atoms with van der Waals surface area (Å²) < 4.78 is 3.92. The molecule has 0 spiro atoms. The molecular formula is C42H14B14N2. The summed E-state index contributed by atoms with van der Waals surface area (Å²) in [6.07, 6.45) is 0. The van der Waals surface area contributed by atoms with Crippen molar-refractivity contribution in [3.63, 3.8) is 0 Å². The van der Waals surface area contributed by atoms with E-state index in [0.29, 0.717) is 11.4 Å². The molecule has 0 atom stereocenters. The maximum atomic E-state index is 7.04. The van der Waals surface area contributed by atoms with Crippen LogP contribution >= 0.6 is 0 Å². The predicted molar refractivity (Wildman–Crippen MR) is 261 cm³/mol. The molecule has 0 bridgehead atoms. The maximum Gasteiger partial charge on any atom is 0.117 e. The van der Waals surface area contributed by atoms with Gasteiger partial charge in [0.1, 0.15) is 110 Å². The van der Waals surface area contributed by atoms with E-state index in [4.69, 9.17) is 110 Å². The first-order valence-corrected chi connectivity index (χ1v) is 18.0. The average Bonchev–Trinajstić information content (AvgIpc) is 3.73. The Balaban J connectivity index is 1.28. The van der Waals surface area contributed by atoms with Gasteiger partial charge >= 0.3 is 0 Å². The van der Waals surface area contributed by atoms with Crippen molar-refractivity contribution < 1.29 is 0 Å². The summed E-state index contributed by atoms with van der Waals surface area (Å²) in [5.41, 5.74) is 8.16. The largest absolute Gasteiger partial charge is 0.310 e. The molecule has 16 heteroatoms. The van der Waals surface area contributed by atoms with Crippen LogP contribution in [0.25, 0.3) is 77.2 Å². The zero-order chi connectivity index (χ0) is 41.2. The Morgan fingerprint density at radius 1 is 0.259 bits per heavy atom. The molecular weight excluding hydrogens is 684 g/mol. The minimum absolute atomic E-state index is 0.0393. The van der Waals surface area contributed by atoms with E-state index in [-0.39, 0.29) is 87.6 Å². The molecule has 0 fully saturated rings. The quantitative estimate of drug-likeness (QED) is 0.163. The third-order valence-corrected chi connectivity index (χ3v) is 11.4. The van der Waals surface area contributed by atoms with Crippen LogP contribution in [0.3, 0.4) is 0 Å². The predicted octanol–water partition coefficient (Wildman–Crippen LogP) is -5.67. The van der Waals surface area contributed by atoms with Crippen LogP contribution in [-0.2, 0) is 0 Å². The lowest BCUT2D eigenvalue weighted by atomic mass is 9.56. The maximum absolute atomic E-state index is 7.04. The molecule has 0 unspecified atom stereocenters. The Hall–Kier alpha value is -4.95. The first kappa shape index (κ1) is 38.6. The molecule has 9 aromatic rings. The van der Waals surface area contributed by atoms with E-state index in [0.717, 1.165) is 54.7 Å². The highest BCUT2D eigenvalue weighted by molar-refractivity contribution is 6.71. The summed E-state index contributed by atoms with van der Waals surface area (Å²) in [7, 11) is 90.6. The molecule has 58 heavy (non-hydrogen) atoms. The molecule has 2 aromatic heterocycles. The summed E-state index contributed by atoms with van der Waals surface area (Å²) in [5, 5.41) is 3.77. The molecule has 2 nitrogen and oxygen atoms in total. The van der Waals surface area contributed by atoms with Gasteiger partial charge in [-0.2, -0.15) is 0 Å². The van der Waals surface area contributed by atoms with E-state index in [2.05, 4.69) is 12.1 Å². The van der Waals surface area contributed by atoms with Gasteiger partial charge in [0, 0.05) is 32.9 Å². The third kappa shape index (κ3) is 5.32. The van der Waals surface area contributed by atoms with Crippen molar-refractivity contribution >= 4 is 230 Å². The Morgan fingerprint density at radius 2 is 0.552 bits per heavy atom. The molecule has 9 rings (SSSR count). The van der Waals surface area contributed by atoms with Gasteiger partial charge in [0.05, 0.1) is 22.1 Å². The first-order valence-electron chi connectivity index (χ1n) is 18.0. The van der Waals surface area contributed by atoms with Crippen LogP contribution in [0.1, 0.15) is 0 Å². The highest BCUT2D eigenvalue weighted by Gasteiger charge is 2.24.